The molecule has 0 heterocycles. The molecule has 4 heteroatoms. The molecule has 20 heavy (non-hydrogen) atoms. The Morgan fingerprint density at radius 3 is 2.65 bits per heavy atom. The van der Waals surface area contributed by atoms with Crippen LogP contribution in [0.2, 0.25) is 0 Å². The smallest absolute Gasteiger partial charge is 0.165 e. The van der Waals surface area contributed by atoms with Gasteiger partial charge in [-0.25, -0.2) is 4.39 Å². The van der Waals surface area contributed by atoms with Crippen LogP contribution in [0.3, 0.4) is 0 Å². The molecular weight excluding hydrogens is 321 g/mol. The largest absolute Gasteiger partial charge is 0.486 e. The molecule has 0 aliphatic rings. The van der Waals surface area contributed by atoms with Gasteiger partial charge in [-0.1, -0.05) is 40.2 Å². The first-order valence-corrected chi connectivity index (χ1v) is 7.29. The maximum absolute atomic E-state index is 13.6. The van der Waals surface area contributed by atoms with Gasteiger partial charge in [0, 0.05) is 4.47 Å². The highest BCUT2D eigenvalue weighted by Gasteiger charge is 2.06. The van der Waals surface area contributed by atoms with Crippen LogP contribution in [0.4, 0.5) is 4.39 Å². The van der Waals surface area contributed by atoms with E-state index in [2.05, 4.69) is 27.3 Å². The van der Waals surface area contributed by atoms with Crippen molar-refractivity contribution in [3.05, 3.63) is 63.9 Å². The molecule has 0 radical (unpaired) electrons. The van der Waals surface area contributed by atoms with Crippen LogP contribution in [0.1, 0.15) is 11.1 Å². The molecule has 0 bridgehead atoms. The number of halogens is 2. The number of hydrogen-bond acceptors (Lipinski definition) is 2. The summed E-state index contributed by atoms with van der Waals surface area (Å²) >= 11 is 3.32. The monoisotopic (exact) mass is 337 g/mol. The van der Waals surface area contributed by atoms with Crippen molar-refractivity contribution >= 4 is 15.9 Å². The van der Waals surface area contributed by atoms with E-state index in [0.29, 0.717) is 6.61 Å². The van der Waals surface area contributed by atoms with Gasteiger partial charge >= 0.3 is 0 Å². The second-order valence-corrected chi connectivity index (χ2v) is 5.40. The lowest BCUT2D eigenvalue weighted by atomic mass is 10.1. The third kappa shape index (κ3) is 4.05. The van der Waals surface area contributed by atoms with E-state index >= 15 is 0 Å². The number of ether oxygens (including phenoxy) is 1. The first-order valence-electron chi connectivity index (χ1n) is 6.50. The molecule has 2 nitrogen and oxygen atoms in total. The summed E-state index contributed by atoms with van der Waals surface area (Å²) in [6.07, 6.45) is 0.928. The lowest BCUT2D eigenvalue weighted by Gasteiger charge is -2.11. The Bertz CT molecular complexity index is 574. The Hall–Kier alpha value is -1.39. The minimum atomic E-state index is -0.346. The first kappa shape index (κ1) is 15.0. The fourth-order valence-corrected chi connectivity index (χ4v) is 2.29. The van der Waals surface area contributed by atoms with E-state index in [1.54, 1.807) is 12.1 Å². The summed E-state index contributed by atoms with van der Waals surface area (Å²) in [6, 6.07) is 12.8. The van der Waals surface area contributed by atoms with Crippen molar-refractivity contribution in [1.82, 2.24) is 5.32 Å². The molecule has 0 atom stereocenters. The molecule has 0 aliphatic carbocycles. The fraction of sp³-hybridized carbons (Fsp3) is 0.250. The molecule has 1 N–H and O–H groups in total. The molecule has 2 rings (SSSR count). The second-order valence-electron chi connectivity index (χ2n) is 4.49. The Balaban J connectivity index is 2.08. The van der Waals surface area contributed by atoms with Crippen LogP contribution in [0.5, 0.6) is 5.75 Å². The van der Waals surface area contributed by atoms with Gasteiger partial charge in [0.25, 0.3) is 0 Å². The molecule has 0 aromatic heterocycles. The van der Waals surface area contributed by atoms with Gasteiger partial charge < -0.3 is 10.1 Å². The number of nitrogens with one attached hydrogen (secondary N) is 1. The van der Waals surface area contributed by atoms with E-state index in [-0.39, 0.29) is 11.6 Å². The van der Waals surface area contributed by atoms with Crippen molar-refractivity contribution in [3.8, 4) is 5.75 Å². The molecule has 0 saturated heterocycles. The van der Waals surface area contributed by atoms with Gasteiger partial charge in [-0.05, 0) is 49.3 Å². The summed E-state index contributed by atoms with van der Waals surface area (Å²) in [5.41, 5.74) is 2.30. The van der Waals surface area contributed by atoms with Crippen LogP contribution in [0.15, 0.2) is 46.9 Å². The van der Waals surface area contributed by atoms with E-state index in [9.17, 15) is 4.39 Å². The average molecular weight is 338 g/mol. The predicted octanol–water partition coefficient (Wildman–Crippen LogP) is 3.93. The van der Waals surface area contributed by atoms with E-state index in [1.165, 1.54) is 11.6 Å². The molecule has 0 fully saturated rings. The van der Waals surface area contributed by atoms with Crippen molar-refractivity contribution < 1.29 is 9.13 Å². The molecule has 0 unspecified atom stereocenters. The van der Waals surface area contributed by atoms with Gasteiger partial charge in [-0.15, -0.1) is 0 Å². The lowest BCUT2D eigenvalue weighted by Crippen LogP contribution is -2.12. The van der Waals surface area contributed by atoms with Crippen LogP contribution in [-0.4, -0.2) is 13.6 Å². The zero-order chi connectivity index (χ0) is 14.4. The topological polar surface area (TPSA) is 21.3 Å². The summed E-state index contributed by atoms with van der Waals surface area (Å²) < 4.78 is 20.0. The van der Waals surface area contributed by atoms with Crippen LogP contribution >= 0.6 is 15.9 Å². The SMILES string of the molecule is CNCCc1ccccc1COc1cc(Br)ccc1F. The van der Waals surface area contributed by atoms with Crippen LogP contribution in [-0.2, 0) is 13.0 Å². The number of hydrogen-bond donors (Lipinski definition) is 1. The highest BCUT2D eigenvalue weighted by molar-refractivity contribution is 9.10. The Kier molecular flexibility index (Phi) is 5.56. The molecule has 0 saturated carbocycles. The first-order chi connectivity index (χ1) is 9.70. The quantitative estimate of drug-likeness (QED) is 0.862. The lowest BCUT2D eigenvalue weighted by molar-refractivity contribution is 0.289. The second kappa shape index (κ2) is 7.41. The Morgan fingerprint density at radius 1 is 1.15 bits per heavy atom. The highest BCUT2D eigenvalue weighted by atomic mass is 79.9. The van der Waals surface area contributed by atoms with Crippen molar-refractivity contribution in [2.45, 2.75) is 13.0 Å². The van der Waals surface area contributed by atoms with Gasteiger partial charge in [0.2, 0.25) is 0 Å². The standard InChI is InChI=1S/C16H17BrFNO/c1-19-9-8-12-4-2-3-5-13(12)11-20-16-10-14(17)6-7-15(16)18/h2-7,10,19H,8-9,11H2,1H3. The maximum atomic E-state index is 13.6. The average Bonchev–Trinajstić information content (AvgIpc) is 2.47. The van der Waals surface area contributed by atoms with E-state index < -0.39 is 0 Å². The van der Waals surface area contributed by atoms with Crippen molar-refractivity contribution in [3.63, 3.8) is 0 Å². The third-order valence-corrected chi connectivity index (χ3v) is 3.53. The zero-order valence-electron chi connectivity index (χ0n) is 11.3. The summed E-state index contributed by atoms with van der Waals surface area (Å²) in [5.74, 6) is -0.0799. The summed E-state index contributed by atoms with van der Waals surface area (Å²) in [5, 5.41) is 3.13. The van der Waals surface area contributed by atoms with E-state index in [4.69, 9.17) is 4.74 Å². The van der Waals surface area contributed by atoms with Gasteiger partial charge in [0.1, 0.15) is 6.61 Å². The predicted molar refractivity (Wildman–Crippen MR) is 82.5 cm³/mol. The summed E-state index contributed by atoms with van der Waals surface area (Å²) in [6.45, 7) is 1.27. The normalized spacial score (nSPS) is 10.6. The van der Waals surface area contributed by atoms with E-state index in [1.807, 2.05) is 25.2 Å². The van der Waals surface area contributed by atoms with Gasteiger partial charge in [-0.2, -0.15) is 0 Å². The third-order valence-electron chi connectivity index (χ3n) is 3.04. The van der Waals surface area contributed by atoms with Crippen molar-refractivity contribution in [1.29, 1.82) is 0 Å². The van der Waals surface area contributed by atoms with Crippen LogP contribution < -0.4 is 10.1 Å². The maximum Gasteiger partial charge on any atom is 0.165 e. The fourth-order valence-electron chi connectivity index (χ4n) is 1.95. The molecule has 0 amide bonds. The minimum Gasteiger partial charge on any atom is -0.486 e. The highest BCUT2D eigenvalue weighted by Crippen LogP contribution is 2.23. The van der Waals surface area contributed by atoms with Crippen molar-refractivity contribution in [2.75, 3.05) is 13.6 Å². The van der Waals surface area contributed by atoms with Gasteiger partial charge in [0.05, 0.1) is 0 Å². The Labute approximate surface area is 127 Å². The van der Waals surface area contributed by atoms with Crippen LogP contribution in [0.25, 0.3) is 0 Å². The van der Waals surface area contributed by atoms with Crippen LogP contribution in [0, 0.1) is 5.82 Å². The summed E-state index contributed by atoms with van der Waals surface area (Å²) in [4.78, 5) is 0. The molecule has 2 aromatic carbocycles. The van der Waals surface area contributed by atoms with Gasteiger partial charge in [-0.3, -0.25) is 0 Å². The molecule has 2 aromatic rings. The number of rotatable bonds is 6. The molecule has 106 valence electrons. The molecule has 0 spiro atoms. The zero-order valence-corrected chi connectivity index (χ0v) is 12.9. The molecular formula is C16H17BrFNO. The Morgan fingerprint density at radius 2 is 1.90 bits per heavy atom. The number of likely N-dealkylation sites (N-methyl/N-ethyl adjacent to an activating group) is 1. The van der Waals surface area contributed by atoms with Gasteiger partial charge in [0.15, 0.2) is 11.6 Å². The molecule has 0 aliphatic heterocycles. The van der Waals surface area contributed by atoms with E-state index in [0.717, 1.165) is 23.0 Å². The minimum absolute atomic E-state index is 0.266. The van der Waals surface area contributed by atoms with Crippen molar-refractivity contribution in [2.24, 2.45) is 0 Å². The summed E-state index contributed by atoms with van der Waals surface area (Å²) in [7, 11) is 1.93. The number of benzene rings is 2.